The van der Waals surface area contributed by atoms with E-state index in [2.05, 4.69) is 17.2 Å². The molecule has 1 atom stereocenters. The second kappa shape index (κ2) is 7.25. The maximum Gasteiger partial charge on any atom is 0.265 e. The minimum Gasteiger partial charge on any atom is -0.395 e. The van der Waals surface area contributed by atoms with E-state index in [1.807, 2.05) is 5.38 Å². The fourth-order valence-electron chi connectivity index (χ4n) is 2.37. The second-order valence-corrected chi connectivity index (χ2v) is 5.63. The van der Waals surface area contributed by atoms with E-state index in [1.54, 1.807) is 18.0 Å². The second-order valence-electron chi connectivity index (χ2n) is 4.71. The summed E-state index contributed by atoms with van der Waals surface area (Å²) < 4.78 is 0. The Labute approximate surface area is 128 Å². The molecule has 0 aliphatic carbocycles. The lowest BCUT2D eigenvalue weighted by Crippen LogP contribution is -2.44. The molecule has 2 N–H and O–H groups in total. The Hall–Kier alpha value is -1.84. The van der Waals surface area contributed by atoms with Gasteiger partial charge < -0.3 is 15.3 Å². The predicted molar refractivity (Wildman–Crippen MR) is 81.0 cm³/mol. The van der Waals surface area contributed by atoms with Gasteiger partial charge in [0.2, 0.25) is 5.91 Å². The van der Waals surface area contributed by atoms with Gasteiger partial charge >= 0.3 is 0 Å². The molecule has 1 aromatic rings. The summed E-state index contributed by atoms with van der Waals surface area (Å²) in [6, 6.07) is 1.41. The standard InChI is InChI=1S/C15H18N2O3S/c1-16-14(19)12-6-4-8-17(12)15(20)13-11(7-10-21-13)5-2-3-9-18/h7,10,12,18H,3-4,6,8-9H2,1H3,(H,16,19). The third-order valence-corrected chi connectivity index (χ3v) is 4.28. The molecule has 1 saturated heterocycles. The third-order valence-electron chi connectivity index (χ3n) is 3.38. The van der Waals surface area contributed by atoms with Crippen LogP contribution >= 0.6 is 11.3 Å². The van der Waals surface area contributed by atoms with E-state index in [1.165, 1.54) is 11.3 Å². The van der Waals surface area contributed by atoms with Crippen molar-refractivity contribution in [2.75, 3.05) is 20.2 Å². The number of hydrogen-bond acceptors (Lipinski definition) is 4. The number of likely N-dealkylation sites (N-methyl/N-ethyl adjacent to an activating group) is 1. The molecule has 21 heavy (non-hydrogen) atoms. The molecule has 6 heteroatoms. The Morgan fingerprint density at radius 3 is 3.10 bits per heavy atom. The van der Waals surface area contributed by atoms with Gasteiger partial charge in [0, 0.05) is 25.6 Å². The zero-order valence-electron chi connectivity index (χ0n) is 11.9. The highest BCUT2D eigenvalue weighted by Gasteiger charge is 2.35. The predicted octanol–water partition coefficient (Wildman–Crippen LogP) is 0.833. The molecule has 1 aliphatic rings. The topological polar surface area (TPSA) is 69.6 Å². The van der Waals surface area contributed by atoms with Crippen LogP contribution in [0.5, 0.6) is 0 Å². The summed E-state index contributed by atoms with van der Waals surface area (Å²) in [6.45, 7) is 0.601. The van der Waals surface area contributed by atoms with Crippen LogP contribution < -0.4 is 5.32 Å². The number of nitrogens with zero attached hydrogens (tertiary/aromatic N) is 1. The Bertz CT molecular complexity index is 585. The van der Waals surface area contributed by atoms with Crippen LogP contribution in [-0.2, 0) is 4.79 Å². The average molecular weight is 306 g/mol. The summed E-state index contributed by atoms with van der Waals surface area (Å²) in [4.78, 5) is 26.7. The molecule has 0 spiro atoms. The summed E-state index contributed by atoms with van der Waals surface area (Å²) in [6.07, 6.45) is 1.91. The molecule has 0 aromatic carbocycles. The highest BCUT2D eigenvalue weighted by atomic mass is 32.1. The number of aliphatic hydroxyl groups is 1. The third kappa shape index (κ3) is 3.43. The van der Waals surface area contributed by atoms with Gasteiger partial charge in [-0.15, -0.1) is 11.3 Å². The molecular weight excluding hydrogens is 288 g/mol. The maximum absolute atomic E-state index is 12.6. The number of carbonyl (C=O) groups is 2. The van der Waals surface area contributed by atoms with Gasteiger partial charge in [-0.3, -0.25) is 9.59 Å². The number of amides is 2. The Balaban J connectivity index is 2.19. The first-order valence-electron chi connectivity index (χ1n) is 6.88. The van der Waals surface area contributed by atoms with Crippen LogP contribution in [-0.4, -0.2) is 48.1 Å². The van der Waals surface area contributed by atoms with Gasteiger partial charge in [0.05, 0.1) is 6.61 Å². The summed E-state index contributed by atoms with van der Waals surface area (Å²) in [5.74, 6) is 5.48. The minimum absolute atomic E-state index is 0.00525. The Morgan fingerprint density at radius 2 is 2.38 bits per heavy atom. The van der Waals surface area contributed by atoms with Crippen LogP contribution in [0.3, 0.4) is 0 Å². The summed E-state index contributed by atoms with van der Waals surface area (Å²) >= 11 is 1.34. The monoisotopic (exact) mass is 306 g/mol. The van der Waals surface area contributed by atoms with Crippen LogP contribution in [0.1, 0.15) is 34.5 Å². The van der Waals surface area contributed by atoms with Crippen LogP contribution in [0.4, 0.5) is 0 Å². The van der Waals surface area contributed by atoms with E-state index in [9.17, 15) is 9.59 Å². The van der Waals surface area contributed by atoms with Gasteiger partial charge in [-0.2, -0.15) is 0 Å². The van der Waals surface area contributed by atoms with Gasteiger partial charge in [-0.05, 0) is 24.3 Å². The van der Waals surface area contributed by atoms with Crippen LogP contribution in [0.25, 0.3) is 0 Å². The fraction of sp³-hybridized carbons (Fsp3) is 0.467. The van der Waals surface area contributed by atoms with Gasteiger partial charge in [0.15, 0.2) is 0 Å². The van der Waals surface area contributed by atoms with E-state index in [0.29, 0.717) is 29.8 Å². The minimum atomic E-state index is -0.386. The molecule has 1 aromatic heterocycles. The Kier molecular flexibility index (Phi) is 5.37. The molecule has 1 unspecified atom stereocenters. The summed E-state index contributed by atoms with van der Waals surface area (Å²) in [5.41, 5.74) is 0.668. The largest absolute Gasteiger partial charge is 0.395 e. The molecular formula is C15H18N2O3S. The molecule has 0 radical (unpaired) electrons. The highest BCUT2D eigenvalue weighted by Crippen LogP contribution is 2.24. The molecule has 5 nitrogen and oxygen atoms in total. The van der Waals surface area contributed by atoms with Gasteiger partial charge in [0.25, 0.3) is 5.91 Å². The lowest BCUT2D eigenvalue weighted by Gasteiger charge is -2.22. The number of likely N-dealkylation sites (tertiary alicyclic amines) is 1. The van der Waals surface area contributed by atoms with Crippen molar-refractivity contribution in [2.45, 2.75) is 25.3 Å². The van der Waals surface area contributed by atoms with Crippen molar-refractivity contribution in [3.8, 4) is 11.8 Å². The molecule has 2 heterocycles. The van der Waals surface area contributed by atoms with Gasteiger partial charge in [-0.1, -0.05) is 11.8 Å². The van der Waals surface area contributed by atoms with Gasteiger partial charge in [-0.25, -0.2) is 0 Å². The van der Waals surface area contributed by atoms with Crippen LogP contribution in [0.2, 0.25) is 0 Å². The van der Waals surface area contributed by atoms with Crippen molar-refractivity contribution >= 4 is 23.2 Å². The zero-order valence-corrected chi connectivity index (χ0v) is 12.7. The van der Waals surface area contributed by atoms with Crippen LogP contribution in [0.15, 0.2) is 11.4 Å². The number of aliphatic hydroxyl groups excluding tert-OH is 1. The van der Waals surface area contributed by atoms with E-state index < -0.39 is 0 Å². The van der Waals surface area contributed by atoms with E-state index >= 15 is 0 Å². The van der Waals surface area contributed by atoms with Gasteiger partial charge in [0.1, 0.15) is 10.9 Å². The average Bonchev–Trinajstić information content (AvgIpc) is 3.15. The van der Waals surface area contributed by atoms with E-state index in [0.717, 1.165) is 6.42 Å². The summed E-state index contributed by atoms with van der Waals surface area (Å²) in [5, 5.41) is 13.2. The smallest absolute Gasteiger partial charge is 0.265 e. The highest BCUT2D eigenvalue weighted by molar-refractivity contribution is 7.12. The number of rotatable bonds is 3. The lowest BCUT2D eigenvalue weighted by atomic mass is 10.2. The quantitative estimate of drug-likeness (QED) is 0.813. The lowest BCUT2D eigenvalue weighted by molar-refractivity contribution is -0.124. The van der Waals surface area contributed by atoms with Crippen molar-refractivity contribution in [1.82, 2.24) is 10.2 Å². The Morgan fingerprint density at radius 1 is 1.57 bits per heavy atom. The first kappa shape index (κ1) is 15.5. The van der Waals surface area contributed by atoms with Crippen molar-refractivity contribution in [3.05, 3.63) is 21.9 Å². The first-order chi connectivity index (χ1) is 10.2. The van der Waals surface area contributed by atoms with Crippen molar-refractivity contribution in [1.29, 1.82) is 0 Å². The molecule has 0 saturated carbocycles. The number of thiophene rings is 1. The van der Waals surface area contributed by atoms with Crippen molar-refractivity contribution in [3.63, 3.8) is 0 Å². The number of nitrogens with one attached hydrogen (secondary N) is 1. The first-order valence-corrected chi connectivity index (χ1v) is 7.76. The molecule has 1 fully saturated rings. The van der Waals surface area contributed by atoms with Crippen LogP contribution in [0, 0.1) is 11.8 Å². The number of hydrogen-bond donors (Lipinski definition) is 2. The maximum atomic E-state index is 12.6. The molecule has 112 valence electrons. The molecule has 2 rings (SSSR count). The van der Waals surface area contributed by atoms with E-state index in [4.69, 9.17) is 5.11 Å². The zero-order chi connectivity index (χ0) is 15.2. The molecule has 1 aliphatic heterocycles. The molecule has 2 amide bonds. The fourth-order valence-corrected chi connectivity index (χ4v) is 3.17. The van der Waals surface area contributed by atoms with Crippen molar-refractivity contribution in [2.24, 2.45) is 0 Å². The summed E-state index contributed by atoms with van der Waals surface area (Å²) in [7, 11) is 1.58. The SMILES string of the molecule is CNC(=O)C1CCCN1C(=O)c1sccc1C#CCCO. The van der Waals surface area contributed by atoms with Crippen molar-refractivity contribution < 1.29 is 14.7 Å². The molecule has 0 bridgehead atoms. The van der Waals surface area contributed by atoms with E-state index in [-0.39, 0.29) is 24.5 Å². The normalized spacial score (nSPS) is 17.2. The number of carbonyl (C=O) groups excluding carboxylic acids is 2.